The first-order chi connectivity index (χ1) is 10.5. The summed E-state index contributed by atoms with van der Waals surface area (Å²) in [7, 11) is 1.60. The molecule has 0 fully saturated rings. The van der Waals surface area contributed by atoms with Crippen molar-refractivity contribution in [3.63, 3.8) is 0 Å². The third-order valence-corrected chi connectivity index (χ3v) is 4.16. The number of allylic oxidation sites excluding steroid dienone is 1. The zero-order valence-electron chi connectivity index (χ0n) is 12.5. The van der Waals surface area contributed by atoms with Crippen molar-refractivity contribution in [3.8, 4) is 5.75 Å². The molecule has 0 bridgehead atoms. The van der Waals surface area contributed by atoms with Crippen LogP contribution in [0.15, 0.2) is 29.5 Å². The summed E-state index contributed by atoms with van der Waals surface area (Å²) in [5, 5.41) is 6.58. The molecule has 0 radical (unpaired) electrons. The maximum absolute atomic E-state index is 12.3. The molecule has 1 aliphatic heterocycles. The van der Waals surface area contributed by atoms with E-state index >= 15 is 0 Å². The van der Waals surface area contributed by atoms with Gasteiger partial charge in [-0.15, -0.1) is 0 Å². The highest BCUT2D eigenvalue weighted by Gasteiger charge is 2.32. The molecule has 1 aliphatic rings. The predicted molar refractivity (Wildman–Crippen MR) is 96.7 cm³/mol. The molecule has 0 unspecified atom stereocenters. The van der Waals surface area contributed by atoms with E-state index in [0.717, 1.165) is 9.13 Å². The minimum Gasteiger partial charge on any atom is -0.496 e. The van der Waals surface area contributed by atoms with Gasteiger partial charge in [0.2, 0.25) is 0 Å². The number of benzene rings is 1. The van der Waals surface area contributed by atoms with Gasteiger partial charge >= 0.3 is 5.97 Å². The van der Waals surface area contributed by atoms with Crippen molar-refractivity contribution in [3.05, 3.63) is 38.6 Å². The van der Waals surface area contributed by atoms with Gasteiger partial charge in [0.05, 0.1) is 25.3 Å². The SMILES string of the molecule is CCOC(=O)C1=C(C)NC(=S)N[C@@H]1c1cc(I)ccc1OC. The van der Waals surface area contributed by atoms with Crippen LogP contribution in [-0.2, 0) is 9.53 Å². The number of ether oxygens (including phenoxy) is 2. The minimum atomic E-state index is -0.405. The summed E-state index contributed by atoms with van der Waals surface area (Å²) < 4.78 is 11.7. The topological polar surface area (TPSA) is 59.6 Å². The lowest BCUT2D eigenvalue weighted by molar-refractivity contribution is -0.139. The number of carbonyl (C=O) groups excluding carboxylic acids is 1. The normalized spacial score (nSPS) is 17.6. The van der Waals surface area contributed by atoms with E-state index < -0.39 is 6.04 Å². The van der Waals surface area contributed by atoms with Crippen molar-refractivity contribution in [2.75, 3.05) is 13.7 Å². The molecule has 0 aromatic heterocycles. The molecular formula is C15H17IN2O3S. The molecule has 1 aromatic carbocycles. The molecule has 0 aliphatic carbocycles. The Morgan fingerprint density at radius 3 is 2.82 bits per heavy atom. The van der Waals surface area contributed by atoms with Crippen LogP contribution >= 0.6 is 34.8 Å². The average Bonchev–Trinajstić information content (AvgIpc) is 2.46. The van der Waals surface area contributed by atoms with E-state index in [0.29, 0.717) is 28.7 Å². The fourth-order valence-electron chi connectivity index (χ4n) is 2.34. The highest BCUT2D eigenvalue weighted by Crippen LogP contribution is 2.34. The van der Waals surface area contributed by atoms with Crippen molar-refractivity contribution >= 4 is 45.9 Å². The Morgan fingerprint density at radius 1 is 1.45 bits per heavy atom. The van der Waals surface area contributed by atoms with Crippen LogP contribution in [0.5, 0.6) is 5.75 Å². The number of nitrogens with one attached hydrogen (secondary N) is 2. The van der Waals surface area contributed by atoms with Gasteiger partial charge in [-0.25, -0.2) is 4.79 Å². The first-order valence-electron chi connectivity index (χ1n) is 6.76. The fraction of sp³-hybridized carbons (Fsp3) is 0.333. The number of carbonyl (C=O) groups is 1. The number of halogens is 1. The number of rotatable bonds is 4. The Kier molecular flexibility index (Phi) is 5.63. The van der Waals surface area contributed by atoms with E-state index in [1.807, 2.05) is 25.1 Å². The second-order valence-corrected chi connectivity index (χ2v) is 6.33. The van der Waals surface area contributed by atoms with Gasteiger partial charge in [-0.3, -0.25) is 0 Å². The number of hydrogen-bond acceptors (Lipinski definition) is 4. The van der Waals surface area contributed by atoms with E-state index in [-0.39, 0.29) is 5.97 Å². The summed E-state index contributed by atoms with van der Waals surface area (Å²) in [5.41, 5.74) is 2.05. The zero-order chi connectivity index (χ0) is 16.3. The van der Waals surface area contributed by atoms with Crippen molar-refractivity contribution in [2.24, 2.45) is 0 Å². The lowest BCUT2D eigenvalue weighted by atomic mass is 9.95. The highest BCUT2D eigenvalue weighted by molar-refractivity contribution is 14.1. The quantitative estimate of drug-likeness (QED) is 0.434. The van der Waals surface area contributed by atoms with Crippen LogP contribution in [0.3, 0.4) is 0 Å². The van der Waals surface area contributed by atoms with Gasteiger partial charge in [0.1, 0.15) is 5.75 Å². The molecule has 5 nitrogen and oxygen atoms in total. The third kappa shape index (κ3) is 3.52. The van der Waals surface area contributed by atoms with Crippen molar-refractivity contribution < 1.29 is 14.3 Å². The van der Waals surface area contributed by atoms with Gasteiger partial charge in [0.15, 0.2) is 5.11 Å². The monoisotopic (exact) mass is 432 g/mol. The number of hydrogen-bond donors (Lipinski definition) is 2. The summed E-state index contributed by atoms with van der Waals surface area (Å²) in [6.45, 7) is 3.91. The Morgan fingerprint density at radius 2 is 2.18 bits per heavy atom. The van der Waals surface area contributed by atoms with Gasteiger partial charge in [-0.05, 0) is 66.9 Å². The molecular weight excluding hydrogens is 415 g/mol. The lowest BCUT2D eigenvalue weighted by Gasteiger charge is -2.30. The molecule has 2 N–H and O–H groups in total. The number of thiocarbonyl (C=S) groups is 1. The van der Waals surface area contributed by atoms with Crippen LogP contribution < -0.4 is 15.4 Å². The molecule has 118 valence electrons. The molecule has 7 heteroatoms. The van der Waals surface area contributed by atoms with Crippen molar-refractivity contribution in [2.45, 2.75) is 19.9 Å². The smallest absolute Gasteiger partial charge is 0.338 e. The van der Waals surface area contributed by atoms with Gasteiger partial charge in [-0.1, -0.05) is 0 Å². The molecule has 2 rings (SSSR count). The molecule has 0 spiro atoms. The summed E-state index contributed by atoms with van der Waals surface area (Å²) in [4.78, 5) is 12.3. The van der Waals surface area contributed by atoms with E-state index in [1.54, 1.807) is 14.0 Å². The zero-order valence-corrected chi connectivity index (χ0v) is 15.5. The largest absolute Gasteiger partial charge is 0.496 e. The highest BCUT2D eigenvalue weighted by atomic mass is 127. The van der Waals surface area contributed by atoms with E-state index in [2.05, 4.69) is 33.2 Å². The molecule has 0 saturated carbocycles. The molecule has 1 aromatic rings. The standard InChI is InChI=1S/C15H17IN2O3S/c1-4-21-14(19)12-8(2)17-15(22)18-13(12)10-7-9(16)5-6-11(10)20-3/h5-7,13H,4H2,1-3H3,(H2,17,18,22)/t13-/m1/s1. The van der Waals surface area contributed by atoms with E-state index in [1.165, 1.54) is 0 Å². The van der Waals surface area contributed by atoms with Gasteiger partial charge < -0.3 is 20.1 Å². The Labute approximate surface area is 148 Å². The van der Waals surface area contributed by atoms with Crippen LogP contribution in [0.25, 0.3) is 0 Å². The molecule has 1 heterocycles. The molecule has 0 saturated heterocycles. The Balaban J connectivity index is 2.55. The van der Waals surface area contributed by atoms with Crippen molar-refractivity contribution in [1.82, 2.24) is 10.6 Å². The third-order valence-electron chi connectivity index (χ3n) is 3.27. The molecule has 0 amide bonds. The van der Waals surface area contributed by atoms with Crippen LogP contribution in [0.1, 0.15) is 25.5 Å². The maximum Gasteiger partial charge on any atom is 0.338 e. The predicted octanol–water partition coefficient (Wildman–Crippen LogP) is 2.66. The average molecular weight is 432 g/mol. The second kappa shape index (κ2) is 7.28. The van der Waals surface area contributed by atoms with Crippen molar-refractivity contribution in [1.29, 1.82) is 0 Å². The van der Waals surface area contributed by atoms with E-state index in [9.17, 15) is 4.79 Å². The number of esters is 1. The molecule has 22 heavy (non-hydrogen) atoms. The summed E-state index contributed by atoms with van der Waals surface area (Å²) in [5.74, 6) is 0.325. The van der Waals surface area contributed by atoms with E-state index in [4.69, 9.17) is 21.7 Å². The second-order valence-electron chi connectivity index (χ2n) is 4.68. The van der Waals surface area contributed by atoms with Gasteiger partial charge in [0, 0.05) is 14.8 Å². The summed E-state index contributed by atoms with van der Waals surface area (Å²) in [6, 6.07) is 5.39. The van der Waals surface area contributed by atoms with Gasteiger partial charge in [0.25, 0.3) is 0 Å². The fourth-order valence-corrected chi connectivity index (χ4v) is 3.12. The Hall–Kier alpha value is -1.35. The first kappa shape index (κ1) is 17.0. The Bertz CT molecular complexity index is 646. The first-order valence-corrected chi connectivity index (χ1v) is 8.25. The minimum absolute atomic E-state index is 0.316. The number of methoxy groups -OCH3 is 1. The lowest BCUT2D eigenvalue weighted by Crippen LogP contribution is -2.45. The summed E-state index contributed by atoms with van der Waals surface area (Å²) >= 11 is 7.45. The van der Waals surface area contributed by atoms with Crippen LogP contribution in [0.4, 0.5) is 0 Å². The van der Waals surface area contributed by atoms with Crippen LogP contribution in [0, 0.1) is 3.57 Å². The maximum atomic E-state index is 12.3. The van der Waals surface area contributed by atoms with Crippen LogP contribution in [0.2, 0.25) is 0 Å². The van der Waals surface area contributed by atoms with Crippen LogP contribution in [-0.4, -0.2) is 24.8 Å². The van der Waals surface area contributed by atoms with Gasteiger partial charge in [-0.2, -0.15) is 0 Å². The summed E-state index contributed by atoms with van der Waals surface area (Å²) in [6.07, 6.45) is 0. The molecule has 1 atom stereocenters.